The van der Waals surface area contributed by atoms with Crippen molar-refractivity contribution in [1.82, 2.24) is 15.1 Å². The molecule has 2 N–H and O–H groups in total. The Labute approximate surface area is 160 Å². The summed E-state index contributed by atoms with van der Waals surface area (Å²) in [6.45, 7) is 12.7. The Morgan fingerprint density at radius 2 is 1.81 bits per heavy atom. The number of carboxylic acid groups (broad SMARTS) is 1. The molecule has 1 amide bonds. The van der Waals surface area contributed by atoms with Crippen LogP contribution in [0.2, 0.25) is 0 Å². The molecule has 1 aromatic heterocycles. The summed E-state index contributed by atoms with van der Waals surface area (Å²) >= 11 is 0. The molecule has 27 heavy (non-hydrogen) atoms. The highest BCUT2D eigenvalue weighted by Gasteiger charge is 2.24. The van der Waals surface area contributed by atoms with E-state index in [0.29, 0.717) is 11.5 Å². The Morgan fingerprint density at radius 1 is 1.15 bits per heavy atom. The van der Waals surface area contributed by atoms with E-state index < -0.39 is 12.0 Å². The van der Waals surface area contributed by atoms with Crippen LogP contribution >= 0.6 is 0 Å². The van der Waals surface area contributed by atoms with Gasteiger partial charge in [0.2, 0.25) is 5.91 Å². The van der Waals surface area contributed by atoms with E-state index in [0.717, 1.165) is 34.6 Å². The lowest BCUT2D eigenvalue weighted by Crippen LogP contribution is -2.35. The Hall–Kier alpha value is -2.63. The van der Waals surface area contributed by atoms with Gasteiger partial charge in [-0.15, -0.1) is 0 Å². The third kappa shape index (κ3) is 4.96. The fourth-order valence-corrected chi connectivity index (χ4v) is 3.12. The molecule has 1 aromatic carbocycles. The normalized spacial score (nSPS) is 12.3. The summed E-state index contributed by atoms with van der Waals surface area (Å²) in [4.78, 5) is 24.3. The summed E-state index contributed by atoms with van der Waals surface area (Å²) in [6, 6.07) is 4.37. The zero-order chi connectivity index (χ0) is 20.3. The van der Waals surface area contributed by atoms with Crippen LogP contribution in [0, 0.1) is 33.6 Å². The summed E-state index contributed by atoms with van der Waals surface area (Å²) in [5, 5.41) is 16.8. The molecule has 0 radical (unpaired) electrons. The first kappa shape index (κ1) is 20.7. The van der Waals surface area contributed by atoms with E-state index >= 15 is 0 Å². The van der Waals surface area contributed by atoms with Gasteiger partial charge in [0, 0.05) is 17.8 Å². The van der Waals surface area contributed by atoms with Crippen molar-refractivity contribution in [3.05, 3.63) is 51.8 Å². The van der Waals surface area contributed by atoms with Crippen LogP contribution in [-0.4, -0.2) is 26.8 Å². The van der Waals surface area contributed by atoms with E-state index in [2.05, 4.69) is 24.3 Å². The molecular weight excluding hydrogens is 342 g/mol. The summed E-state index contributed by atoms with van der Waals surface area (Å²) < 4.78 is 1.92. The van der Waals surface area contributed by atoms with Crippen molar-refractivity contribution in [2.75, 3.05) is 0 Å². The minimum Gasteiger partial charge on any atom is -0.479 e. The number of aryl methyl sites for hydroxylation is 3. The number of hydrogen-bond acceptors (Lipinski definition) is 3. The number of rotatable bonds is 7. The molecule has 0 aliphatic carbocycles. The van der Waals surface area contributed by atoms with Crippen molar-refractivity contribution in [2.24, 2.45) is 5.92 Å². The monoisotopic (exact) mass is 371 g/mol. The average molecular weight is 371 g/mol. The van der Waals surface area contributed by atoms with E-state index in [1.165, 1.54) is 0 Å². The number of aliphatic carboxylic acids is 1. The molecule has 0 fully saturated rings. The largest absolute Gasteiger partial charge is 0.479 e. The summed E-state index contributed by atoms with van der Waals surface area (Å²) in [5.74, 6) is -0.947. The van der Waals surface area contributed by atoms with E-state index in [-0.39, 0.29) is 12.3 Å². The molecule has 0 bridgehead atoms. The van der Waals surface area contributed by atoms with Gasteiger partial charge in [-0.05, 0) is 50.3 Å². The maximum Gasteiger partial charge on any atom is 0.330 e. The van der Waals surface area contributed by atoms with Gasteiger partial charge < -0.3 is 10.4 Å². The van der Waals surface area contributed by atoms with Gasteiger partial charge in [0.15, 0.2) is 6.04 Å². The lowest BCUT2D eigenvalue weighted by molar-refractivity contribution is -0.141. The van der Waals surface area contributed by atoms with Crippen molar-refractivity contribution in [3.63, 3.8) is 0 Å². The molecule has 0 saturated heterocycles. The number of amides is 1. The van der Waals surface area contributed by atoms with Crippen LogP contribution in [0.4, 0.5) is 0 Å². The van der Waals surface area contributed by atoms with Gasteiger partial charge in [-0.3, -0.25) is 9.48 Å². The van der Waals surface area contributed by atoms with Crippen LogP contribution in [0.25, 0.3) is 0 Å². The first-order valence-corrected chi connectivity index (χ1v) is 9.22. The van der Waals surface area contributed by atoms with Crippen LogP contribution in [0.1, 0.15) is 53.5 Å². The van der Waals surface area contributed by atoms with Gasteiger partial charge >= 0.3 is 5.97 Å². The predicted molar refractivity (Wildman–Crippen MR) is 105 cm³/mol. The Morgan fingerprint density at radius 3 is 2.37 bits per heavy atom. The number of aromatic nitrogens is 2. The van der Waals surface area contributed by atoms with Crippen LogP contribution < -0.4 is 5.32 Å². The minimum atomic E-state index is -1.07. The second-order valence-corrected chi connectivity index (χ2v) is 7.58. The number of nitrogens with zero attached hydrogens (tertiary/aromatic N) is 2. The van der Waals surface area contributed by atoms with E-state index in [1.54, 1.807) is 6.07 Å². The third-order valence-corrected chi connectivity index (χ3v) is 4.82. The van der Waals surface area contributed by atoms with Crippen molar-refractivity contribution in [2.45, 2.75) is 60.5 Å². The third-order valence-electron chi connectivity index (χ3n) is 4.82. The van der Waals surface area contributed by atoms with Crippen LogP contribution in [0.5, 0.6) is 0 Å². The van der Waals surface area contributed by atoms with Gasteiger partial charge in [0.05, 0.1) is 12.1 Å². The van der Waals surface area contributed by atoms with Crippen molar-refractivity contribution < 1.29 is 14.7 Å². The summed E-state index contributed by atoms with van der Waals surface area (Å²) in [6.07, 6.45) is 0.115. The van der Waals surface area contributed by atoms with Gasteiger partial charge in [0.1, 0.15) is 0 Å². The van der Waals surface area contributed by atoms with Gasteiger partial charge in [-0.25, -0.2) is 4.79 Å². The summed E-state index contributed by atoms with van der Waals surface area (Å²) in [7, 11) is 0. The number of benzene rings is 1. The van der Waals surface area contributed by atoms with Crippen molar-refractivity contribution >= 4 is 11.9 Å². The number of nitrogens with one attached hydrogen (secondary N) is 1. The molecule has 2 aromatic rings. The fourth-order valence-electron chi connectivity index (χ4n) is 3.12. The van der Waals surface area contributed by atoms with E-state index in [4.69, 9.17) is 0 Å². The highest BCUT2D eigenvalue weighted by molar-refractivity contribution is 5.86. The number of carbonyl (C=O) groups excluding carboxylic acids is 1. The Bertz CT molecular complexity index is 853. The van der Waals surface area contributed by atoms with Gasteiger partial charge in [-0.2, -0.15) is 5.10 Å². The second-order valence-electron chi connectivity index (χ2n) is 7.58. The first-order chi connectivity index (χ1) is 12.6. The quantitative estimate of drug-likeness (QED) is 0.782. The molecule has 1 atom stereocenters. The zero-order valence-corrected chi connectivity index (χ0v) is 17.0. The van der Waals surface area contributed by atoms with Crippen molar-refractivity contribution in [1.29, 1.82) is 0 Å². The van der Waals surface area contributed by atoms with Gasteiger partial charge in [0.25, 0.3) is 0 Å². The fraction of sp³-hybridized carbons (Fsp3) is 0.476. The SMILES string of the molecule is Cc1ccc(C(NC(=O)Cc2c(C)nn(CC(C)C)c2C)C(=O)O)cc1C. The molecule has 2 rings (SSSR count). The van der Waals surface area contributed by atoms with E-state index in [9.17, 15) is 14.7 Å². The molecule has 0 spiro atoms. The molecule has 6 nitrogen and oxygen atoms in total. The molecule has 1 heterocycles. The standard InChI is InChI=1S/C21H29N3O3/c1-12(2)11-24-16(6)18(15(5)23-24)10-19(25)22-20(21(26)27)17-8-7-13(3)14(4)9-17/h7-9,12,20H,10-11H2,1-6H3,(H,22,25)(H,26,27). The Balaban J connectivity index is 2.18. The first-order valence-electron chi connectivity index (χ1n) is 9.22. The number of carboxylic acids is 1. The molecule has 6 heteroatoms. The summed E-state index contributed by atoms with van der Waals surface area (Å²) in [5.41, 5.74) is 5.27. The number of carbonyl (C=O) groups is 2. The molecule has 1 unspecified atom stereocenters. The lowest BCUT2D eigenvalue weighted by Gasteiger charge is -2.16. The molecule has 0 saturated carbocycles. The number of hydrogen-bond donors (Lipinski definition) is 2. The van der Waals surface area contributed by atoms with E-state index in [1.807, 2.05) is 44.5 Å². The maximum atomic E-state index is 12.6. The second kappa shape index (κ2) is 8.37. The molecular formula is C21H29N3O3. The highest BCUT2D eigenvalue weighted by Crippen LogP contribution is 2.19. The maximum absolute atomic E-state index is 12.6. The predicted octanol–water partition coefficient (Wildman–Crippen LogP) is 3.26. The zero-order valence-electron chi connectivity index (χ0n) is 17.0. The minimum absolute atomic E-state index is 0.115. The van der Waals surface area contributed by atoms with Gasteiger partial charge in [-0.1, -0.05) is 32.0 Å². The smallest absolute Gasteiger partial charge is 0.330 e. The lowest BCUT2D eigenvalue weighted by atomic mass is 10.0. The molecule has 0 aliphatic rings. The average Bonchev–Trinajstić information content (AvgIpc) is 2.82. The van der Waals surface area contributed by atoms with Crippen LogP contribution in [0.3, 0.4) is 0 Å². The molecule has 0 aliphatic heterocycles. The van der Waals surface area contributed by atoms with Crippen LogP contribution in [-0.2, 0) is 22.6 Å². The molecule has 146 valence electrons. The topological polar surface area (TPSA) is 84.2 Å². The Kier molecular flexibility index (Phi) is 6.41. The van der Waals surface area contributed by atoms with Crippen LogP contribution in [0.15, 0.2) is 18.2 Å². The highest BCUT2D eigenvalue weighted by atomic mass is 16.4. The van der Waals surface area contributed by atoms with Crippen molar-refractivity contribution in [3.8, 4) is 0 Å².